The molecule has 4 heteroatoms. The van der Waals surface area contributed by atoms with Crippen molar-refractivity contribution < 1.29 is 9.50 Å². The van der Waals surface area contributed by atoms with Gasteiger partial charge in [0.1, 0.15) is 5.82 Å². The van der Waals surface area contributed by atoms with Crippen LogP contribution < -0.4 is 5.32 Å². The van der Waals surface area contributed by atoms with E-state index in [9.17, 15) is 9.50 Å². The van der Waals surface area contributed by atoms with E-state index in [2.05, 4.69) is 26.1 Å². The molecule has 0 bridgehead atoms. The Hall–Kier alpha value is -0.580. The summed E-state index contributed by atoms with van der Waals surface area (Å²) in [7, 11) is 0. The molecule has 1 rings (SSSR count). The maximum atomic E-state index is 13.1. The lowest BCUT2D eigenvalue weighted by molar-refractivity contribution is 0.137. The summed E-state index contributed by atoms with van der Waals surface area (Å²) < 4.78 is 13.1. The fourth-order valence-corrected chi connectivity index (χ4v) is 3.25. The summed E-state index contributed by atoms with van der Waals surface area (Å²) in [5, 5.41) is 13.1. The number of halogens is 1. The number of aliphatic hydroxyl groups is 1. The highest BCUT2D eigenvalue weighted by Crippen LogP contribution is 2.23. The lowest BCUT2D eigenvalue weighted by Gasteiger charge is -2.34. The van der Waals surface area contributed by atoms with Crippen molar-refractivity contribution in [1.82, 2.24) is 5.32 Å². The Bertz CT molecular complexity index is 394. The number of aliphatic hydroxyl groups excluding tert-OH is 1. The average molecular weight is 299 g/mol. The zero-order valence-electron chi connectivity index (χ0n) is 12.7. The SMILES string of the molecule is CCC(CO)(CCCSc1cccc(F)c1)NC(C)C. The van der Waals surface area contributed by atoms with Crippen molar-refractivity contribution in [3.8, 4) is 0 Å². The van der Waals surface area contributed by atoms with Crippen LogP contribution in [-0.4, -0.2) is 29.0 Å². The van der Waals surface area contributed by atoms with E-state index >= 15 is 0 Å². The highest BCUT2D eigenvalue weighted by molar-refractivity contribution is 7.99. The Kier molecular flexibility index (Phi) is 7.56. The summed E-state index contributed by atoms with van der Waals surface area (Å²) in [5.41, 5.74) is -0.184. The minimum absolute atomic E-state index is 0.159. The van der Waals surface area contributed by atoms with Crippen LogP contribution in [0.5, 0.6) is 0 Å². The molecule has 20 heavy (non-hydrogen) atoms. The number of hydrogen-bond donors (Lipinski definition) is 2. The first kappa shape index (κ1) is 17.5. The molecule has 0 aromatic heterocycles. The van der Waals surface area contributed by atoms with Gasteiger partial charge in [0.25, 0.3) is 0 Å². The van der Waals surface area contributed by atoms with Gasteiger partial charge in [0.05, 0.1) is 6.61 Å². The predicted molar refractivity (Wildman–Crippen MR) is 84.7 cm³/mol. The van der Waals surface area contributed by atoms with Crippen molar-refractivity contribution in [2.24, 2.45) is 0 Å². The molecular formula is C16H26FNOS. The van der Waals surface area contributed by atoms with Gasteiger partial charge < -0.3 is 10.4 Å². The molecule has 0 aliphatic rings. The van der Waals surface area contributed by atoms with E-state index in [1.165, 1.54) is 6.07 Å². The zero-order valence-corrected chi connectivity index (χ0v) is 13.5. The van der Waals surface area contributed by atoms with E-state index in [-0.39, 0.29) is 18.0 Å². The Labute approximate surface area is 126 Å². The molecule has 0 amide bonds. The van der Waals surface area contributed by atoms with Crippen molar-refractivity contribution in [3.05, 3.63) is 30.1 Å². The molecule has 1 unspecified atom stereocenters. The van der Waals surface area contributed by atoms with E-state index in [0.717, 1.165) is 29.9 Å². The van der Waals surface area contributed by atoms with E-state index in [0.29, 0.717) is 6.04 Å². The van der Waals surface area contributed by atoms with Gasteiger partial charge in [0, 0.05) is 16.5 Å². The van der Waals surface area contributed by atoms with Gasteiger partial charge in [-0.25, -0.2) is 4.39 Å². The van der Waals surface area contributed by atoms with Crippen LogP contribution in [0, 0.1) is 5.82 Å². The smallest absolute Gasteiger partial charge is 0.124 e. The Balaban J connectivity index is 2.41. The van der Waals surface area contributed by atoms with Gasteiger partial charge in [0.15, 0.2) is 0 Å². The molecule has 2 nitrogen and oxygen atoms in total. The number of nitrogens with one attached hydrogen (secondary N) is 1. The molecule has 0 fully saturated rings. The van der Waals surface area contributed by atoms with Crippen LogP contribution in [-0.2, 0) is 0 Å². The van der Waals surface area contributed by atoms with Crippen LogP contribution in [0.3, 0.4) is 0 Å². The maximum Gasteiger partial charge on any atom is 0.124 e. The summed E-state index contributed by atoms with van der Waals surface area (Å²) in [6, 6.07) is 7.06. The number of hydrogen-bond acceptors (Lipinski definition) is 3. The molecule has 1 aromatic rings. The Morgan fingerprint density at radius 2 is 2.15 bits per heavy atom. The third-order valence-corrected chi connectivity index (χ3v) is 4.52. The summed E-state index contributed by atoms with van der Waals surface area (Å²) in [6.45, 7) is 6.46. The molecule has 1 atom stereocenters. The molecule has 0 saturated heterocycles. The summed E-state index contributed by atoms with van der Waals surface area (Å²) >= 11 is 1.67. The van der Waals surface area contributed by atoms with Gasteiger partial charge in [-0.05, 0) is 43.2 Å². The Morgan fingerprint density at radius 3 is 2.70 bits per heavy atom. The molecular weight excluding hydrogens is 273 g/mol. The van der Waals surface area contributed by atoms with Crippen molar-refractivity contribution in [3.63, 3.8) is 0 Å². The minimum atomic E-state index is -0.185. The quantitative estimate of drug-likeness (QED) is 0.537. The third kappa shape index (κ3) is 5.81. The summed E-state index contributed by atoms with van der Waals surface area (Å²) in [4.78, 5) is 0.966. The second-order valence-corrected chi connectivity index (χ2v) is 6.67. The molecule has 0 saturated carbocycles. The predicted octanol–water partition coefficient (Wildman–Crippen LogP) is 3.84. The number of rotatable bonds is 9. The minimum Gasteiger partial charge on any atom is -0.394 e. The fourth-order valence-electron chi connectivity index (χ4n) is 2.36. The van der Waals surface area contributed by atoms with Gasteiger partial charge >= 0.3 is 0 Å². The van der Waals surface area contributed by atoms with E-state index in [1.807, 2.05) is 6.07 Å². The van der Waals surface area contributed by atoms with Crippen LogP contribution in [0.15, 0.2) is 29.2 Å². The average Bonchev–Trinajstić information content (AvgIpc) is 2.42. The number of benzene rings is 1. The molecule has 2 N–H and O–H groups in total. The van der Waals surface area contributed by atoms with E-state index in [4.69, 9.17) is 0 Å². The second-order valence-electron chi connectivity index (χ2n) is 5.50. The van der Waals surface area contributed by atoms with Crippen LogP contribution in [0.1, 0.15) is 40.0 Å². The lowest BCUT2D eigenvalue weighted by Crippen LogP contribution is -2.51. The molecule has 0 aliphatic heterocycles. The fraction of sp³-hybridized carbons (Fsp3) is 0.625. The lowest BCUT2D eigenvalue weighted by atomic mass is 9.91. The normalized spacial score (nSPS) is 14.5. The van der Waals surface area contributed by atoms with E-state index in [1.54, 1.807) is 23.9 Å². The zero-order chi connectivity index (χ0) is 15.0. The first-order chi connectivity index (χ1) is 9.51. The van der Waals surface area contributed by atoms with Crippen LogP contribution in [0.25, 0.3) is 0 Å². The van der Waals surface area contributed by atoms with Crippen molar-refractivity contribution >= 4 is 11.8 Å². The largest absolute Gasteiger partial charge is 0.394 e. The molecule has 0 radical (unpaired) electrons. The van der Waals surface area contributed by atoms with Gasteiger partial charge in [-0.15, -0.1) is 11.8 Å². The molecule has 0 spiro atoms. The first-order valence-electron chi connectivity index (χ1n) is 7.28. The molecule has 0 heterocycles. The van der Waals surface area contributed by atoms with Gasteiger partial charge in [-0.2, -0.15) is 0 Å². The van der Waals surface area contributed by atoms with Crippen molar-refractivity contribution in [1.29, 1.82) is 0 Å². The second kappa shape index (κ2) is 8.65. The maximum absolute atomic E-state index is 13.1. The highest BCUT2D eigenvalue weighted by Gasteiger charge is 2.26. The Morgan fingerprint density at radius 1 is 1.40 bits per heavy atom. The van der Waals surface area contributed by atoms with Crippen LogP contribution in [0.4, 0.5) is 4.39 Å². The van der Waals surface area contributed by atoms with Crippen molar-refractivity contribution in [2.75, 3.05) is 12.4 Å². The monoisotopic (exact) mass is 299 g/mol. The summed E-state index contributed by atoms with van der Waals surface area (Å²) in [6.07, 6.45) is 2.84. The number of thioether (sulfide) groups is 1. The van der Waals surface area contributed by atoms with Gasteiger partial charge in [0.2, 0.25) is 0 Å². The van der Waals surface area contributed by atoms with Gasteiger partial charge in [-0.3, -0.25) is 0 Å². The standard InChI is InChI=1S/C16H26FNOS/c1-4-16(12-19,18-13(2)3)9-6-10-20-15-8-5-7-14(17)11-15/h5,7-8,11,13,18-19H,4,6,9-10,12H2,1-3H3. The molecule has 1 aromatic carbocycles. The topological polar surface area (TPSA) is 32.3 Å². The third-order valence-electron chi connectivity index (χ3n) is 3.44. The molecule has 114 valence electrons. The van der Waals surface area contributed by atoms with Crippen LogP contribution >= 0.6 is 11.8 Å². The van der Waals surface area contributed by atoms with E-state index < -0.39 is 0 Å². The summed E-state index contributed by atoms with van der Waals surface area (Å²) in [5.74, 6) is 0.750. The highest BCUT2D eigenvalue weighted by atomic mass is 32.2. The first-order valence-corrected chi connectivity index (χ1v) is 8.27. The van der Waals surface area contributed by atoms with Crippen molar-refractivity contribution in [2.45, 2.75) is 56.5 Å². The molecule has 0 aliphatic carbocycles. The van der Waals surface area contributed by atoms with Gasteiger partial charge in [-0.1, -0.05) is 26.8 Å². The van der Waals surface area contributed by atoms with Crippen LogP contribution in [0.2, 0.25) is 0 Å².